The van der Waals surface area contributed by atoms with Crippen LogP contribution in [0.15, 0.2) is 76.0 Å². The van der Waals surface area contributed by atoms with Crippen LogP contribution in [0.1, 0.15) is 34.6 Å². The van der Waals surface area contributed by atoms with Gasteiger partial charge in [0.1, 0.15) is 22.8 Å². The number of ether oxygens (including phenoxy) is 1. The Morgan fingerprint density at radius 3 is 2.24 bits per heavy atom. The Labute approximate surface area is 200 Å². The van der Waals surface area contributed by atoms with Crippen molar-refractivity contribution in [3.63, 3.8) is 0 Å². The highest BCUT2D eigenvalue weighted by Gasteiger charge is 2.32. The third kappa shape index (κ3) is 5.00. The van der Waals surface area contributed by atoms with Crippen LogP contribution in [0.4, 0.5) is 0 Å². The highest BCUT2D eigenvalue weighted by atomic mass is 32.2. The van der Waals surface area contributed by atoms with Crippen LogP contribution >= 0.6 is 0 Å². The number of carbonyl (C=O) groups excluding carboxylic acids is 1. The molecule has 1 heterocycles. The van der Waals surface area contributed by atoms with E-state index < -0.39 is 27.6 Å². The number of furan rings is 1. The molecule has 34 heavy (non-hydrogen) atoms. The van der Waals surface area contributed by atoms with Gasteiger partial charge in [0.15, 0.2) is 0 Å². The van der Waals surface area contributed by atoms with E-state index >= 15 is 0 Å². The minimum Gasteiger partial charge on any atom is -0.459 e. The van der Waals surface area contributed by atoms with Gasteiger partial charge in [-0.15, -0.1) is 0 Å². The van der Waals surface area contributed by atoms with Crippen molar-refractivity contribution < 1.29 is 22.4 Å². The summed E-state index contributed by atoms with van der Waals surface area (Å²) in [7, 11) is -3.99. The summed E-state index contributed by atoms with van der Waals surface area (Å²) in [5.74, 6) is -0.895. The molecule has 0 saturated carbocycles. The second kappa shape index (κ2) is 8.89. The normalized spacial score (nSPS) is 13.5. The van der Waals surface area contributed by atoms with E-state index in [0.717, 1.165) is 16.5 Å². The Kier molecular flexibility index (Phi) is 6.27. The van der Waals surface area contributed by atoms with Gasteiger partial charge < -0.3 is 9.15 Å². The van der Waals surface area contributed by atoms with Gasteiger partial charge in [0.25, 0.3) is 0 Å². The van der Waals surface area contributed by atoms with Crippen molar-refractivity contribution in [1.29, 1.82) is 0 Å². The van der Waals surface area contributed by atoms with Crippen molar-refractivity contribution in [1.82, 2.24) is 4.72 Å². The zero-order valence-corrected chi connectivity index (χ0v) is 20.8. The summed E-state index contributed by atoms with van der Waals surface area (Å²) in [5, 5.41) is 1.51. The Hall–Kier alpha value is -3.16. The molecule has 0 saturated heterocycles. The first-order valence-electron chi connectivity index (χ1n) is 11.2. The molecule has 178 valence electrons. The predicted octanol–water partition coefficient (Wildman–Crippen LogP) is 5.90. The van der Waals surface area contributed by atoms with Gasteiger partial charge in [0, 0.05) is 10.8 Å². The summed E-state index contributed by atoms with van der Waals surface area (Å²) in [6.07, 6.45) is 0. The number of hydrogen-bond acceptors (Lipinski definition) is 5. The van der Waals surface area contributed by atoms with Crippen LogP contribution in [0.5, 0.6) is 0 Å². The molecule has 3 aromatic carbocycles. The number of hydrogen-bond donors (Lipinski definition) is 1. The minimum atomic E-state index is -3.99. The lowest BCUT2D eigenvalue weighted by Gasteiger charge is -2.26. The number of benzene rings is 3. The lowest BCUT2D eigenvalue weighted by molar-refractivity contribution is -0.158. The fourth-order valence-electron chi connectivity index (χ4n) is 3.79. The first-order chi connectivity index (χ1) is 15.9. The van der Waals surface area contributed by atoms with Crippen LogP contribution in [0.2, 0.25) is 0 Å². The highest BCUT2D eigenvalue weighted by Crippen LogP contribution is 2.33. The second-order valence-corrected chi connectivity index (χ2v) is 11.4. The molecule has 0 radical (unpaired) electrons. The average Bonchev–Trinajstić information content (AvgIpc) is 3.13. The first kappa shape index (κ1) is 24.0. The number of rotatable bonds is 6. The molecule has 0 aliphatic heterocycles. The van der Waals surface area contributed by atoms with Crippen molar-refractivity contribution in [3.05, 3.63) is 66.7 Å². The molecule has 1 atom stereocenters. The van der Waals surface area contributed by atoms with E-state index in [-0.39, 0.29) is 10.8 Å². The molecule has 0 spiro atoms. The summed E-state index contributed by atoms with van der Waals surface area (Å²) < 4.78 is 40.4. The van der Waals surface area contributed by atoms with Crippen molar-refractivity contribution in [2.45, 2.75) is 51.2 Å². The van der Waals surface area contributed by atoms with E-state index in [9.17, 15) is 13.2 Å². The number of esters is 1. The molecule has 4 aromatic rings. The van der Waals surface area contributed by atoms with Gasteiger partial charge in [-0.3, -0.25) is 4.79 Å². The molecule has 0 aliphatic rings. The van der Waals surface area contributed by atoms with Crippen LogP contribution in [-0.4, -0.2) is 26.0 Å². The molecule has 1 unspecified atom stereocenters. The lowest BCUT2D eigenvalue weighted by Crippen LogP contribution is -2.47. The molecule has 4 rings (SSSR count). The van der Waals surface area contributed by atoms with Gasteiger partial charge in [-0.05, 0) is 68.1 Å². The maximum Gasteiger partial charge on any atom is 0.324 e. The topological polar surface area (TPSA) is 85.6 Å². The molecule has 0 fully saturated rings. The maximum atomic E-state index is 13.2. The summed E-state index contributed by atoms with van der Waals surface area (Å²) in [4.78, 5) is 12.7. The molecular formula is C27H29NO5S. The monoisotopic (exact) mass is 479 g/mol. The Balaban J connectivity index is 1.69. The van der Waals surface area contributed by atoms with E-state index in [0.29, 0.717) is 16.6 Å². The van der Waals surface area contributed by atoms with E-state index in [4.69, 9.17) is 9.15 Å². The molecule has 1 N–H and O–H groups in total. The van der Waals surface area contributed by atoms with Crippen molar-refractivity contribution in [2.75, 3.05) is 0 Å². The summed E-state index contributed by atoms with van der Waals surface area (Å²) in [6, 6.07) is 19.5. The van der Waals surface area contributed by atoms with Gasteiger partial charge in [0.2, 0.25) is 10.0 Å². The summed E-state index contributed by atoms with van der Waals surface area (Å²) in [6.45, 7) is 8.79. The van der Waals surface area contributed by atoms with E-state index in [2.05, 4.69) is 4.72 Å². The smallest absolute Gasteiger partial charge is 0.324 e. The fourth-order valence-corrected chi connectivity index (χ4v) is 5.15. The molecule has 0 aliphatic carbocycles. The molecule has 1 aromatic heterocycles. The minimum absolute atomic E-state index is 0.0593. The first-order valence-corrected chi connectivity index (χ1v) is 12.7. The third-order valence-corrected chi connectivity index (χ3v) is 6.91. The number of nitrogens with one attached hydrogen (secondary N) is 1. The van der Waals surface area contributed by atoms with Crippen molar-refractivity contribution in [3.8, 4) is 11.1 Å². The van der Waals surface area contributed by atoms with E-state index in [1.165, 1.54) is 6.07 Å². The number of carbonyl (C=O) groups is 1. The van der Waals surface area contributed by atoms with Gasteiger partial charge >= 0.3 is 5.97 Å². The van der Waals surface area contributed by atoms with Crippen LogP contribution in [0, 0.1) is 5.92 Å². The van der Waals surface area contributed by atoms with Crippen LogP contribution in [0.3, 0.4) is 0 Å². The fraction of sp³-hybridized carbons (Fsp3) is 0.296. The lowest BCUT2D eigenvalue weighted by atomic mass is 10.0. The van der Waals surface area contributed by atoms with Gasteiger partial charge in [0.05, 0.1) is 4.90 Å². The number of fused-ring (bicyclic) bond motifs is 3. The summed E-state index contributed by atoms with van der Waals surface area (Å²) >= 11 is 0. The average molecular weight is 480 g/mol. The predicted molar refractivity (Wildman–Crippen MR) is 134 cm³/mol. The Morgan fingerprint density at radius 2 is 1.59 bits per heavy atom. The zero-order valence-electron chi connectivity index (χ0n) is 20.0. The van der Waals surface area contributed by atoms with E-state index in [1.54, 1.807) is 46.8 Å². The molecule has 6 nitrogen and oxygen atoms in total. The Morgan fingerprint density at radius 1 is 0.882 bits per heavy atom. The molecular weight excluding hydrogens is 450 g/mol. The molecule has 0 bridgehead atoms. The van der Waals surface area contributed by atoms with Crippen molar-refractivity contribution >= 4 is 37.9 Å². The SMILES string of the molecule is CC(C)C(NS(=O)(=O)c1ccc2oc3cc(-c4ccccc4)ccc3c2c1)C(=O)OC(C)(C)C. The highest BCUT2D eigenvalue weighted by molar-refractivity contribution is 7.89. The molecule has 7 heteroatoms. The second-order valence-electron chi connectivity index (χ2n) is 9.71. The Bertz CT molecular complexity index is 1450. The molecule has 0 amide bonds. The standard InChI is InChI=1S/C27H29NO5S/c1-17(2)25(26(29)33-27(3,4)5)28-34(30,31)20-12-14-23-22(16-20)21-13-11-19(15-24(21)32-23)18-9-7-6-8-10-18/h6-17,25,28H,1-5H3. The maximum absolute atomic E-state index is 13.2. The van der Waals surface area contributed by atoms with Crippen LogP contribution in [-0.2, 0) is 19.6 Å². The third-order valence-electron chi connectivity index (χ3n) is 5.47. The van der Waals surface area contributed by atoms with Crippen LogP contribution < -0.4 is 4.72 Å². The van der Waals surface area contributed by atoms with Gasteiger partial charge in [-0.2, -0.15) is 4.72 Å². The van der Waals surface area contributed by atoms with Gasteiger partial charge in [-0.1, -0.05) is 50.2 Å². The largest absolute Gasteiger partial charge is 0.459 e. The quantitative estimate of drug-likeness (QED) is 0.348. The number of sulfonamides is 1. The van der Waals surface area contributed by atoms with E-state index in [1.807, 2.05) is 48.5 Å². The van der Waals surface area contributed by atoms with Crippen LogP contribution in [0.25, 0.3) is 33.1 Å². The van der Waals surface area contributed by atoms with Gasteiger partial charge in [-0.25, -0.2) is 8.42 Å². The zero-order chi connectivity index (χ0) is 24.7. The van der Waals surface area contributed by atoms with Crippen molar-refractivity contribution in [2.24, 2.45) is 5.92 Å². The summed E-state index contributed by atoms with van der Waals surface area (Å²) in [5.41, 5.74) is 2.63.